The molecule has 2 aromatic carbocycles. The molecule has 0 spiro atoms. The highest BCUT2D eigenvalue weighted by atomic mass is 127. The first-order chi connectivity index (χ1) is 10.5. The summed E-state index contributed by atoms with van der Waals surface area (Å²) in [5.74, 6) is 1.52. The van der Waals surface area contributed by atoms with E-state index in [1.807, 2.05) is 25.3 Å². The highest BCUT2D eigenvalue weighted by molar-refractivity contribution is 14.1. The van der Waals surface area contributed by atoms with Gasteiger partial charge in [0.1, 0.15) is 0 Å². The Bertz CT molecular complexity index is 696. The summed E-state index contributed by atoms with van der Waals surface area (Å²) >= 11 is 2.26. The highest BCUT2D eigenvalue weighted by Gasteiger charge is 2.10. The summed E-state index contributed by atoms with van der Waals surface area (Å²) in [6.07, 6.45) is 1.86. The second kappa shape index (κ2) is 7.63. The molecule has 2 rings (SSSR count). The lowest BCUT2D eigenvalue weighted by Gasteiger charge is -2.12. The zero-order valence-corrected chi connectivity index (χ0v) is 15.5. The van der Waals surface area contributed by atoms with E-state index in [1.165, 1.54) is 5.56 Å². The number of hydrogen-bond acceptors (Lipinski definition) is 3. The third kappa shape index (κ3) is 4.00. The van der Waals surface area contributed by atoms with Crippen molar-refractivity contribution in [3.05, 3.63) is 50.6 Å². The number of aliphatic imine (C=N–C) groups is 1. The fourth-order valence-electron chi connectivity index (χ4n) is 2.10. The van der Waals surface area contributed by atoms with Crippen molar-refractivity contribution in [3.63, 3.8) is 0 Å². The molecular formula is C18H20INO2. The van der Waals surface area contributed by atoms with Crippen LogP contribution in [-0.2, 0) is 0 Å². The van der Waals surface area contributed by atoms with Gasteiger partial charge in [0, 0.05) is 6.21 Å². The first-order valence-corrected chi connectivity index (χ1v) is 8.24. The first kappa shape index (κ1) is 16.8. The zero-order chi connectivity index (χ0) is 16.1. The molecule has 0 heterocycles. The van der Waals surface area contributed by atoms with E-state index < -0.39 is 0 Å². The van der Waals surface area contributed by atoms with Crippen LogP contribution < -0.4 is 9.47 Å². The molecule has 116 valence electrons. The minimum Gasteiger partial charge on any atom is -0.493 e. The molecule has 0 aliphatic rings. The Morgan fingerprint density at radius 2 is 1.95 bits per heavy atom. The molecule has 0 atom stereocenters. The summed E-state index contributed by atoms with van der Waals surface area (Å²) in [4.78, 5) is 4.60. The average molecular weight is 409 g/mol. The van der Waals surface area contributed by atoms with Crippen LogP contribution in [0.5, 0.6) is 11.5 Å². The lowest BCUT2D eigenvalue weighted by Crippen LogP contribution is -1.99. The van der Waals surface area contributed by atoms with Gasteiger partial charge in [0.15, 0.2) is 11.5 Å². The topological polar surface area (TPSA) is 30.8 Å². The Balaban J connectivity index is 2.35. The van der Waals surface area contributed by atoms with Gasteiger partial charge in [-0.25, -0.2) is 0 Å². The van der Waals surface area contributed by atoms with Gasteiger partial charge < -0.3 is 9.47 Å². The van der Waals surface area contributed by atoms with Crippen molar-refractivity contribution in [3.8, 4) is 11.5 Å². The molecule has 0 aliphatic carbocycles. The fraction of sp³-hybridized carbons (Fsp3) is 0.278. The third-order valence-electron chi connectivity index (χ3n) is 3.26. The van der Waals surface area contributed by atoms with Gasteiger partial charge in [0.2, 0.25) is 0 Å². The number of rotatable bonds is 5. The summed E-state index contributed by atoms with van der Waals surface area (Å²) in [6.45, 7) is 6.71. The molecule has 2 aromatic rings. The molecule has 0 saturated carbocycles. The van der Waals surface area contributed by atoms with Gasteiger partial charge in [0.25, 0.3) is 0 Å². The predicted molar refractivity (Wildman–Crippen MR) is 100 cm³/mol. The molecule has 0 saturated heterocycles. The minimum absolute atomic E-state index is 0.613. The summed E-state index contributed by atoms with van der Waals surface area (Å²) in [5, 5.41) is 0. The van der Waals surface area contributed by atoms with Crippen molar-refractivity contribution in [2.24, 2.45) is 4.99 Å². The van der Waals surface area contributed by atoms with Gasteiger partial charge in [0.05, 0.1) is 23.0 Å². The zero-order valence-electron chi connectivity index (χ0n) is 13.3. The summed E-state index contributed by atoms with van der Waals surface area (Å²) in [7, 11) is 1.65. The summed E-state index contributed by atoms with van der Waals surface area (Å²) in [5.41, 5.74) is 4.35. The normalized spacial score (nSPS) is 11.0. The van der Waals surface area contributed by atoms with Crippen LogP contribution in [0.3, 0.4) is 0 Å². The lowest BCUT2D eigenvalue weighted by atomic mass is 10.1. The van der Waals surface area contributed by atoms with E-state index in [9.17, 15) is 0 Å². The highest BCUT2D eigenvalue weighted by Crippen LogP contribution is 2.33. The Morgan fingerprint density at radius 1 is 1.18 bits per heavy atom. The van der Waals surface area contributed by atoms with Crippen LogP contribution in [0.2, 0.25) is 0 Å². The number of aryl methyl sites for hydroxylation is 2. The van der Waals surface area contributed by atoms with Crippen molar-refractivity contribution in [2.75, 3.05) is 13.7 Å². The molecule has 0 unspecified atom stereocenters. The number of ether oxygens (including phenoxy) is 2. The van der Waals surface area contributed by atoms with Gasteiger partial charge in [-0.05, 0) is 78.3 Å². The molecule has 0 radical (unpaired) electrons. The largest absolute Gasteiger partial charge is 0.493 e. The monoisotopic (exact) mass is 409 g/mol. The van der Waals surface area contributed by atoms with Crippen molar-refractivity contribution < 1.29 is 9.47 Å². The standard InChI is InChI=1S/C18H20INO2/c1-5-22-18-15(19)9-14(10-17(18)21-4)11-20-16-8-12(2)6-7-13(16)3/h6-11H,5H2,1-4H3. The van der Waals surface area contributed by atoms with Crippen LogP contribution >= 0.6 is 22.6 Å². The maximum absolute atomic E-state index is 5.63. The number of halogens is 1. The molecule has 3 nitrogen and oxygen atoms in total. The van der Waals surface area contributed by atoms with E-state index in [4.69, 9.17) is 9.47 Å². The fourth-order valence-corrected chi connectivity index (χ4v) is 2.88. The van der Waals surface area contributed by atoms with Gasteiger partial charge >= 0.3 is 0 Å². The van der Waals surface area contributed by atoms with E-state index in [1.54, 1.807) is 7.11 Å². The Labute approximate surface area is 145 Å². The molecule has 0 bridgehead atoms. The van der Waals surface area contributed by atoms with Crippen LogP contribution in [-0.4, -0.2) is 19.9 Å². The maximum atomic E-state index is 5.63. The van der Waals surface area contributed by atoms with Gasteiger partial charge in [-0.3, -0.25) is 4.99 Å². The summed E-state index contributed by atoms with van der Waals surface area (Å²) < 4.78 is 12.1. The van der Waals surface area contributed by atoms with Crippen molar-refractivity contribution >= 4 is 34.5 Å². The Morgan fingerprint density at radius 3 is 2.64 bits per heavy atom. The molecule has 0 aromatic heterocycles. The second-order valence-electron chi connectivity index (χ2n) is 5.02. The van der Waals surface area contributed by atoms with E-state index in [0.29, 0.717) is 6.61 Å². The van der Waals surface area contributed by atoms with E-state index >= 15 is 0 Å². The van der Waals surface area contributed by atoms with Crippen LogP contribution in [0, 0.1) is 17.4 Å². The van der Waals surface area contributed by atoms with E-state index in [0.717, 1.165) is 31.9 Å². The molecule has 4 heteroatoms. The Hall–Kier alpha value is -1.56. The number of methoxy groups -OCH3 is 1. The molecule has 0 N–H and O–H groups in total. The predicted octanol–water partition coefficient (Wildman–Crippen LogP) is 5.07. The molecule has 0 fully saturated rings. The van der Waals surface area contributed by atoms with Gasteiger partial charge in [-0.15, -0.1) is 0 Å². The van der Waals surface area contributed by atoms with Crippen LogP contribution in [0.1, 0.15) is 23.6 Å². The Kier molecular flexibility index (Phi) is 5.83. The van der Waals surface area contributed by atoms with Crippen LogP contribution in [0.4, 0.5) is 5.69 Å². The van der Waals surface area contributed by atoms with Crippen LogP contribution in [0.25, 0.3) is 0 Å². The van der Waals surface area contributed by atoms with Crippen molar-refractivity contribution in [2.45, 2.75) is 20.8 Å². The maximum Gasteiger partial charge on any atom is 0.174 e. The van der Waals surface area contributed by atoms with E-state index in [2.05, 4.69) is 59.6 Å². The van der Waals surface area contributed by atoms with Gasteiger partial charge in [-0.1, -0.05) is 12.1 Å². The third-order valence-corrected chi connectivity index (χ3v) is 4.06. The lowest BCUT2D eigenvalue weighted by molar-refractivity contribution is 0.308. The average Bonchev–Trinajstić information content (AvgIpc) is 2.50. The minimum atomic E-state index is 0.613. The first-order valence-electron chi connectivity index (χ1n) is 7.16. The van der Waals surface area contributed by atoms with E-state index in [-0.39, 0.29) is 0 Å². The molecule has 0 aliphatic heterocycles. The smallest absolute Gasteiger partial charge is 0.174 e. The number of hydrogen-bond donors (Lipinski definition) is 0. The number of benzene rings is 2. The SMILES string of the molecule is CCOc1c(I)cc(C=Nc2cc(C)ccc2C)cc1OC. The number of nitrogens with zero attached hydrogens (tertiary/aromatic N) is 1. The quantitative estimate of drug-likeness (QED) is 0.510. The molecule has 0 amide bonds. The summed E-state index contributed by atoms with van der Waals surface area (Å²) in [6, 6.07) is 10.3. The molecule has 22 heavy (non-hydrogen) atoms. The van der Waals surface area contributed by atoms with Crippen LogP contribution in [0.15, 0.2) is 35.3 Å². The second-order valence-corrected chi connectivity index (χ2v) is 6.18. The molecular weight excluding hydrogens is 389 g/mol. The van der Waals surface area contributed by atoms with Crippen molar-refractivity contribution in [1.82, 2.24) is 0 Å². The van der Waals surface area contributed by atoms with Crippen molar-refractivity contribution in [1.29, 1.82) is 0 Å². The van der Waals surface area contributed by atoms with Gasteiger partial charge in [-0.2, -0.15) is 0 Å².